The molecule has 20 heavy (non-hydrogen) atoms. The van der Waals surface area contributed by atoms with Crippen LogP contribution in [0.15, 0.2) is 29.2 Å². The second-order valence-corrected chi connectivity index (χ2v) is 6.93. The largest absolute Gasteiger partial charge is 0.393 e. The van der Waals surface area contributed by atoms with E-state index in [0.717, 1.165) is 19.3 Å². The Morgan fingerprint density at radius 3 is 2.45 bits per heavy atom. The number of nitrogens with one attached hydrogen (secondary N) is 1. The topological polar surface area (TPSA) is 83.5 Å². The quantitative estimate of drug-likeness (QED) is 0.824. The number of Topliss-reactive ketones (excluding diaryl/α,β-unsaturated/α-hetero) is 1. The van der Waals surface area contributed by atoms with E-state index in [-0.39, 0.29) is 16.7 Å². The lowest BCUT2D eigenvalue weighted by Crippen LogP contribution is -2.39. The lowest BCUT2D eigenvalue weighted by Gasteiger charge is -2.26. The second-order valence-electron chi connectivity index (χ2n) is 5.22. The highest BCUT2D eigenvalue weighted by Gasteiger charge is 2.25. The number of ketones is 1. The first kappa shape index (κ1) is 15.2. The maximum absolute atomic E-state index is 12.2. The van der Waals surface area contributed by atoms with Gasteiger partial charge in [0.2, 0.25) is 10.0 Å². The molecule has 110 valence electrons. The lowest BCUT2D eigenvalue weighted by molar-refractivity contribution is 0.101. The Morgan fingerprint density at radius 2 is 1.90 bits per heavy atom. The molecule has 5 nitrogen and oxygen atoms in total. The fraction of sp³-hybridized carbons (Fsp3) is 0.500. The van der Waals surface area contributed by atoms with Crippen molar-refractivity contribution in [2.75, 3.05) is 0 Å². The summed E-state index contributed by atoms with van der Waals surface area (Å²) in [6.07, 6.45) is 2.30. The number of aliphatic hydroxyl groups is 1. The van der Waals surface area contributed by atoms with Gasteiger partial charge in [-0.2, -0.15) is 0 Å². The molecule has 0 saturated heterocycles. The molecule has 1 saturated carbocycles. The van der Waals surface area contributed by atoms with E-state index in [1.165, 1.54) is 31.2 Å². The lowest BCUT2D eigenvalue weighted by atomic mass is 9.94. The minimum Gasteiger partial charge on any atom is -0.393 e. The van der Waals surface area contributed by atoms with Crippen LogP contribution in [0.25, 0.3) is 0 Å². The summed E-state index contributed by atoms with van der Waals surface area (Å²) in [5, 5.41) is 9.57. The van der Waals surface area contributed by atoms with Gasteiger partial charge >= 0.3 is 0 Å². The van der Waals surface area contributed by atoms with Crippen molar-refractivity contribution in [1.29, 1.82) is 0 Å². The van der Waals surface area contributed by atoms with Crippen LogP contribution in [-0.2, 0) is 10.0 Å². The summed E-state index contributed by atoms with van der Waals surface area (Å²) in [5.41, 5.74) is 0.483. The average Bonchev–Trinajstić information content (AvgIpc) is 2.38. The molecule has 2 N–H and O–H groups in total. The van der Waals surface area contributed by atoms with Crippen molar-refractivity contribution in [3.63, 3.8) is 0 Å². The molecule has 1 aliphatic rings. The van der Waals surface area contributed by atoms with Crippen molar-refractivity contribution < 1.29 is 18.3 Å². The molecule has 2 rings (SSSR count). The zero-order valence-corrected chi connectivity index (χ0v) is 12.2. The highest BCUT2D eigenvalue weighted by atomic mass is 32.2. The van der Waals surface area contributed by atoms with Crippen molar-refractivity contribution in [3.05, 3.63) is 29.8 Å². The summed E-state index contributed by atoms with van der Waals surface area (Å²) < 4.78 is 27.0. The third kappa shape index (κ3) is 3.65. The second kappa shape index (κ2) is 6.03. The molecule has 1 aromatic rings. The minimum atomic E-state index is -3.60. The molecule has 6 heteroatoms. The summed E-state index contributed by atoms with van der Waals surface area (Å²) in [5.74, 6) is -0.0997. The first-order valence-electron chi connectivity index (χ1n) is 6.70. The maximum Gasteiger partial charge on any atom is 0.240 e. The Bertz CT molecular complexity index is 580. The fourth-order valence-electron chi connectivity index (χ4n) is 2.43. The molecule has 0 spiro atoms. The zero-order chi connectivity index (χ0) is 14.8. The van der Waals surface area contributed by atoms with Gasteiger partial charge in [-0.05, 0) is 44.7 Å². The molecule has 1 aromatic carbocycles. The smallest absolute Gasteiger partial charge is 0.240 e. The normalized spacial score (nSPS) is 23.5. The number of carbonyl (C=O) groups is 1. The number of benzene rings is 1. The molecule has 2 atom stereocenters. The van der Waals surface area contributed by atoms with E-state index in [1.54, 1.807) is 0 Å². The zero-order valence-electron chi connectivity index (χ0n) is 11.4. The van der Waals surface area contributed by atoms with Crippen LogP contribution in [0.4, 0.5) is 0 Å². The molecule has 0 bridgehead atoms. The van der Waals surface area contributed by atoms with Crippen molar-refractivity contribution in [2.45, 2.75) is 49.6 Å². The highest BCUT2D eigenvalue weighted by molar-refractivity contribution is 7.89. The van der Waals surface area contributed by atoms with Crippen molar-refractivity contribution in [3.8, 4) is 0 Å². The van der Waals surface area contributed by atoms with Crippen LogP contribution in [0.1, 0.15) is 43.0 Å². The fourth-order valence-corrected chi connectivity index (χ4v) is 3.71. The molecule has 1 fully saturated rings. The summed E-state index contributed by atoms with van der Waals surface area (Å²) in [6, 6.07) is 5.65. The van der Waals surface area contributed by atoms with Crippen molar-refractivity contribution in [2.24, 2.45) is 0 Å². The third-order valence-corrected chi connectivity index (χ3v) is 5.08. The number of hydrogen-bond acceptors (Lipinski definition) is 4. The Balaban J connectivity index is 2.11. The van der Waals surface area contributed by atoms with Gasteiger partial charge in [0.05, 0.1) is 11.0 Å². The molecule has 0 heterocycles. The van der Waals surface area contributed by atoms with E-state index in [4.69, 9.17) is 0 Å². The van der Waals surface area contributed by atoms with Gasteiger partial charge < -0.3 is 5.11 Å². The molecule has 0 unspecified atom stereocenters. The van der Waals surface area contributed by atoms with Gasteiger partial charge in [0.25, 0.3) is 0 Å². The van der Waals surface area contributed by atoms with Gasteiger partial charge in [-0.25, -0.2) is 13.1 Å². The van der Waals surface area contributed by atoms with Gasteiger partial charge in [0.15, 0.2) is 5.78 Å². The van der Waals surface area contributed by atoms with E-state index in [0.29, 0.717) is 12.0 Å². The predicted octanol–water partition coefficient (Wildman–Crippen LogP) is 1.47. The van der Waals surface area contributed by atoms with Crippen LogP contribution in [0.3, 0.4) is 0 Å². The first-order valence-corrected chi connectivity index (χ1v) is 8.18. The number of sulfonamides is 1. The first-order chi connectivity index (χ1) is 9.38. The van der Waals surface area contributed by atoms with Gasteiger partial charge in [-0.3, -0.25) is 4.79 Å². The van der Waals surface area contributed by atoms with Gasteiger partial charge in [0, 0.05) is 11.6 Å². The van der Waals surface area contributed by atoms with Gasteiger partial charge in [-0.15, -0.1) is 0 Å². The molecule has 1 aliphatic carbocycles. The van der Waals surface area contributed by atoms with E-state index >= 15 is 0 Å². The van der Waals surface area contributed by atoms with Crippen LogP contribution >= 0.6 is 0 Å². The van der Waals surface area contributed by atoms with Crippen LogP contribution in [0.5, 0.6) is 0 Å². The summed E-state index contributed by atoms with van der Waals surface area (Å²) in [4.78, 5) is 11.3. The van der Waals surface area contributed by atoms with Crippen LogP contribution in [0, 0.1) is 0 Å². The standard InChI is InChI=1S/C14H19NO4S/c1-10(16)11-5-7-14(8-6-11)20(18,19)15-12-3-2-4-13(17)9-12/h5-8,12-13,15,17H,2-4,9H2,1H3/t12-,13+/m1/s1. The Morgan fingerprint density at radius 1 is 1.25 bits per heavy atom. The number of carbonyl (C=O) groups excluding carboxylic acids is 1. The monoisotopic (exact) mass is 297 g/mol. The molecule has 0 radical (unpaired) electrons. The van der Waals surface area contributed by atoms with E-state index in [9.17, 15) is 18.3 Å². The van der Waals surface area contributed by atoms with Crippen molar-refractivity contribution in [1.82, 2.24) is 4.72 Å². The van der Waals surface area contributed by atoms with Gasteiger partial charge in [-0.1, -0.05) is 12.1 Å². The molecule has 0 aliphatic heterocycles. The minimum absolute atomic E-state index is 0.0997. The Kier molecular flexibility index (Phi) is 4.57. The number of rotatable bonds is 4. The molecular weight excluding hydrogens is 278 g/mol. The van der Waals surface area contributed by atoms with Crippen molar-refractivity contribution >= 4 is 15.8 Å². The number of hydrogen-bond donors (Lipinski definition) is 2. The number of aliphatic hydroxyl groups excluding tert-OH is 1. The SMILES string of the molecule is CC(=O)c1ccc(S(=O)(=O)N[C@@H]2CCC[C@H](O)C2)cc1. The molecule has 0 amide bonds. The van der Waals surface area contributed by atoms with E-state index in [2.05, 4.69) is 4.72 Å². The Labute approximate surface area is 119 Å². The third-order valence-electron chi connectivity index (χ3n) is 3.54. The summed E-state index contributed by atoms with van der Waals surface area (Å²) >= 11 is 0. The van der Waals surface area contributed by atoms with E-state index < -0.39 is 16.1 Å². The highest BCUT2D eigenvalue weighted by Crippen LogP contribution is 2.20. The average molecular weight is 297 g/mol. The molecular formula is C14H19NO4S. The molecule has 0 aromatic heterocycles. The van der Waals surface area contributed by atoms with E-state index in [1.807, 2.05) is 0 Å². The predicted molar refractivity (Wildman–Crippen MR) is 75.0 cm³/mol. The summed E-state index contributed by atoms with van der Waals surface area (Å²) in [6.45, 7) is 1.44. The summed E-state index contributed by atoms with van der Waals surface area (Å²) in [7, 11) is -3.60. The van der Waals surface area contributed by atoms with Crippen LogP contribution in [-0.4, -0.2) is 31.5 Å². The van der Waals surface area contributed by atoms with Crippen LogP contribution in [0.2, 0.25) is 0 Å². The van der Waals surface area contributed by atoms with Crippen LogP contribution < -0.4 is 4.72 Å². The maximum atomic E-state index is 12.2. The Hall–Kier alpha value is -1.24. The van der Waals surface area contributed by atoms with Gasteiger partial charge in [0.1, 0.15) is 0 Å².